The number of amides is 1. The Balaban J connectivity index is 1.39. The van der Waals surface area contributed by atoms with Gasteiger partial charge < -0.3 is 15.5 Å². The maximum absolute atomic E-state index is 12.2. The molecule has 0 radical (unpaired) electrons. The number of anilines is 1. The first-order valence-electron chi connectivity index (χ1n) is 10.3. The van der Waals surface area contributed by atoms with Crippen LogP contribution in [-0.2, 0) is 11.3 Å². The summed E-state index contributed by atoms with van der Waals surface area (Å²) < 4.78 is 0. The van der Waals surface area contributed by atoms with Crippen LogP contribution >= 0.6 is 0 Å². The average molecular weight is 359 g/mol. The molecule has 2 fully saturated rings. The topological polar surface area (TPSA) is 47.6 Å². The monoisotopic (exact) mass is 358 g/mol. The number of rotatable bonds is 7. The first kappa shape index (κ1) is 19.3. The number of piperidine rings is 1. The summed E-state index contributed by atoms with van der Waals surface area (Å²) in [6, 6.07) is 8.38. The van der Waals surface area contributed by atoms with Crippen molar-refractivity contribution in [2.24, 2.45) is 5.92 Å². The molecule has 0 aromatic heterocycles. The molecule has 3 rings (SSSR count). The van der Waals surface area contributed by atoms with Crippen LogP contribution in [0.25, 0.3) is 0 Å². The fourth-order valence-electron chi connectivity index (χ4n) is 3.94. The molecule has 0 spiro atoms. The summed E-state index contributed by atoms with van der Waals surface area (Å²) in [5.41, 5.74) is 2.24. The Labute approximate surface area is 158 Å². The van der Waals surface area contributed by atoms with Crippen molar-refractivity contribution in [3.05, 3.63) is 29.8 Å². The Bertz CT molecular complexity index is 546. The highest BCUT2D eigenvalue weighted by molar-refractivity contribution is 5.90. The maximum Gasteiger partial charge on any atom is 0.224 e. The number of nitrogens with zero attached hydrogens (tertiary/aromatic N) is 2. The Morgan fingerprint density at radius 1 is 1.08 bits per heavy atom. The second-order valence-corrected chi connectivity index (χ2v) is 7.69. The number of hydrogen-bond acceptors (Lipinski definition) is 4. The second kappa shape index (κ2) is 10.0. The molecule has 2 heterocycles. The van der Waals surface area contributed by atoms with Crippen LogP contribution in [0, 0.1) is 5.92 Å². The minimum Gasteiger partial charge on any atom is -0.326 e. The van der Waals surface area contributed by atoms with Gasteiger partial charge in [-0.1, -0.05) is 19.1 Å². The highest BCUT2D eigenvalue weighted by Gasteiger charge is 2.16. The maximum atomic E-state index is 12.2. The van der Waals surface area contributed by atoms with Gasteiger partial charge in [0.15, 0.2) is 0 Å². The SMILES string of the molecule is CCN1CCN(Cc2ccc(NC(=O)CCC3CCNCC3)cc2)CC1. The lowest BCUT2D eigenvalue weighted by Crippen LogP contribution is -2.45. The lowest BCUT2D eigenvalue weighted by molar-refractivity contribution is -0.116. The third-order valence-electron chi connectivity index (χ3n) is 5.79. The van der Waals surface area contributed by atoms with Gasteiger partial charge in [0.1, 0.15) is 0 Å². The van der Waals surface area contributed by atoms with Crippen molar-refractivity contribution in [1.29, 1.82) is 0 Å². The van der Waals surface area contributed by atoms with Crippen LogP contribution in [-0.4, -0.2) is 61.5 Å². The van der Waals surface area contributed by atoms with E-state index in [-0.39, 0.29) is 5.91 Å². The van der Waals surface area contributed by atoms with Crippen LogP contribution in [0.15, 0.2) is 24.3 Å². The standard InChI is InChI=1S/C21H34N4O/c1-2-24-13-15-25(16-14-24)17-19-3-6-20(7-4-19)23-21(26)8-5-18-9-11-22-12-10-18/h3-4,6-7,18,22H,2,5,8-17H2,1H3,(H,23,26). The Kier molecular flexibility index (Phi) is 7.47. The third-order valence-corrected chi connectivity index (χ3v) is 5.79. The molecule has 0 saturated carbocycles. The molecular weight excluding hydrogens is 324 g/mol. The number of carbonyl (C=O) groups is 1. The van der Waals surface area contributed by atoms with Crippen molar-refractivity contribution in [2.75, 3.05) is 51.1 Å². The number of carbonyl (C=O) groups excluding carboxylic acids is 1. The van der Waals surface area contributed by atoms with Gasteiger partial charge in [-0.2, -0.15) is 0 Å². The molecule has 2 N–H and O–H groups in total. The Morgan fingerprint density at radius 2 is 1.73 bits per heavy atom. The van der Waals surface area contributed by atoms with E-state index >= 15 is 0 Å². The van der Waals surface area contributed by atoms with Crippen LogP contribution in [0.1, 0.15) is 38.2 Å². The second-order valence-electron chi connectivity index (χ2n) is 7.69. The largest absolute Gasteiger partial charge is 0.326 e. The van der Waals surface area contributed by atoms with Gasteiger partial charge in [-0.15, -0.1) is 0 Å². The molecular formula is C21H34N4O. The van der Waals surface area contributed by atoms with Crippen molar-refractivity contribution in [3.8, 4) is 0 Å². The van der Waals surface area contributed by atoms with Crippen LogP contribution in [0.3, 0.4) is 0 Å². The first-order valence-corrected chi connectivity index (χ1v) is 10.3. The molecule has 2 saturated heterocycles. The predicted molar refractivity (Wildman–Crippen MR) is 107 cm³/mol. The molecule has 26 heavy (non-hydrogen) atoms. The van der Waals surface area contributed by atoms with Crippen molar-refractivity contribution < 1.29 is 4.79 Å². The third kappa shape index (κ3) is 6.08. The summed E-state index contributed by atoms with van der Waals surface area (Å²) in [4.78, 5) is 17.2. The van der Waals surface area contributed by atoms with Gasteiger partial charge in [0.25, 0.3) is 0 Å². The molecule has 1 aromatic carbocycles. The summed E-state index contributed by atoms with van der Waals surface area (Å²) >= 11 is 0. The van der Waals surface area contributed by atoms with E-state index in [0.29, 0.717) is 12.3 Å². The minimum atomic E-state index is 0.145. The molecule has 1 amide bonds. The van der Waals surface area contributed by atoms with Gasteiger partial charge in [0.2, 0.25) is 5.91 Å². The zero-order valence-corrected chi connectivity index (χ0v) is 16.2. The van der Waals surface area contributed by atoms with E-state index in [0.717, 1.165) is 51.4 Å². The lowest BCUT2D eigenvalue weighted by atomic mass is 9.93. The van der Waals surface area contributed by atoms with Crippen LogP contribution in [0.2, 0.25) is 0 Å². The predicted octanol–water partition coefficient (Wildman–Crippen LogP) is 2.54. The van der Waals surface area contributed by atoms with Crippen molar-refractivity contribution in [1.82, 2.24) is 15.1 Å². The summed E-state index contributed by atoms with van der Waals surface area (Å²) in [7, 11) is 0. The van der Waals surface area contributed by atoms with E-state index < -0.39 is 0 Å². The van der Waals surface area contributed by atoms with E-state index in [9.17, 15) is 4.79 Å². The zero-order chi connectivity index (χ0) is 18.2. The van der Waals surface area contributed by atoms with Gasteiger partial charge in [-0.05, 0) is 62.5 Å². The van der Waals surface area contributed by atoms with Gasteiger partial charge >= 0.3 is 0 Å². The number of hydrogen-bond donors (Lipinski definition) is 2. The smallest absolute Gasteiger partial charge is 0.224 e. The van der Waals surface area contributed by atoms with Gasteiger partial charge in [0.05, 0.1) is 0 Å². The lowest BCUT2D eigenvalue weighted by Gasteiger charge is -2.34. The normalized spacial score (nSPS) is 20.2. The first-order chi connectivity index (χ1) is 12.7. The number of nitrogens with one attached hydrogen (secondary N) is 2. The van der Waals surface area contributed by atoms with E-state index in [4.69, 9.17) is 0 Å². The number of benzene rings is 1. The fourth-order valence-corrected chi connectivity index (χ4v) is 3.94. The van der Waals surface area contributed by atoms with E-state index in [1.54, 1.807) is 0 Å². The zero-order valence-electron chi connectivity index (χ0n) is 16.2. The summed E-state index contributed by atoms with van der Waals surface area (Å²) in [5, 5.41) is 6.43. The molecule has 0 unspecified atom stereocenters. The van der Waals surface area contributed by atoms with Crippen LogP contribution in [0.5, 0.6) is 0 Å². The minimum absolute atomic E-state index is 0.145. The molecule has 2 aliphatic rings. The Morgan fingerprint density at radius 3 is 2.38 bits per heavy atom. The fraction of sp³-hybridized carbons (Fsp3) is 0.667. The van der Waals surface area contributed by atoms with E-state index in [1.807, 2.05) is 12.1 Å². The van der Waals surface area contributed by atoms with Crippen molar-refractivity contribution in [3.63, 3.8) is 0 Å². The van der Waals surface area contributed by atoms with Crippen LogP contribution < -0.4 is 10.6 Å². The van der Waals surface area contributed by atoms with Crippen molar-refractivity contribution in [2.45, 2.75) is 39.2 Å². The number of piperazine rings is 1. The molecule has 1 aromatic rings. The highest BCUT2D eigenvalue weighted by Crippen LogP contribution is 2.19. The summed E-state index contributed by atoms with van der Waals surface area (Å²) in [6.07, 6.45) is 4.05. The summed E-state index contributed by atoms with van der Waals surface area (Å²) in [5.74, 6) is 0.851. The molecule has 2 aliphatic heterocycles. The van der Waals surface area contributed by atoms with Crippen molar-refractivity contribution >= 4 is 11.6 Å². The molecule has 5 nitrogen and oxygen atoms in total. The Hall–Kier alpha value is -1.43. The van der Waals surface area contributed by atoms with Crippen LogP contribution in [0.4, 0.5) is 5.69 Å². The van der Waals surface area contributed by atoms with E-state index in [1.165, 1.54) is 31.5 Å². The summed E-state index contributed by atoms with van der Waals surface area (Å²) in [6.45, 7) is 11.2. The molecule has 0 aliphatic carbocycles. The molecule has 144 valence electrons. The molecule has 0 bridgehead atoms. The molecule has 0 atom stereocenters. The van der Waals surface area contributed by atoms with Gasteiger partial charge in [0, 0.05) is 44.8 Å². The quantitative estimate of drug-likeness (QED) is 0.786. The average Bonchev–Trinajstić information content (AvgIpc) is 2.69. The van der Waals surface area contributed by atoms with Gasteiger partial charge in [-0.25, -0.2) is 0 Å². The number of likely N-dealkylation sites (N-methyl/N-ethyl adjacent to an activating group) is 1. The highest BCUT2D eigenvalue weighted by atomic mass is 16.1. The molecule has 5 heteroatoms. The van der Waals surface area contributed by atoms with E-state index in [2.05, 4.69) is 39.5 Å². The van der Waals surface area contributed by atoms with Gasteiger partial charge in [-0.3, -0.25) is 9.69 Å².